The Labute approximate surface area is 626 Å². The molecule has 6 aromatic heterocycles. The van der Waals surface area contributed by atoms with E-state index in [-0.39, 0.29) is 38.5 Å². The summed E-state index contributed by atoms with van der Waals surface area (Å²) in [5.41, 5.74) is 30.2. The summed E-state index contributed by atoms with van der Waals surface area (Å²) in [6.45, 7) is 5.64. The van der Waals surface area contributed by atoms with Crippen molar-refractivity contribution < 1.29 is 43.0 Å². The molecular weight excluding hydrogens is 1370 g/mol. The highest BCUT2D eigenvalue weighted by atomic mass is 16.5. The number of anilines is 3. The average Bonchev–Trinajstić information content (AvgIpc) is 1.75. The lowest BCUT2D eigenvalue weighted by atomic mass is 9.82. The van der Waals surface area contributed by atoms with Crippen LogP contribution in [-0.2, 0) is 67.3 Å². The molecule has 548 valence electrons. The van der Waals surface area contributed by atoms with Crippen LogP contribution in [0.4, 0.5) is 17.1 Å². The molecule has 6 heterocycles. The molecular formula is C88H82N12O9. The SMILES string of the molecule is COc1ccc2[nH]c(C)c(CC(=O)[C@](N)(Cc3c[nH]c4ccccc34)C(=O)Nc3ccc(C(c4ccc(NC(=O)[C@@](N)(Cc5c[nH]c6ccccc56)C(=O)Cc5c(C)[nH]c6ccc(OC)cc56)cc4)c4ccc(NC(=O)[C@@](N)(Cc5c[nH]c6ccccc56)C(=O)Cc5c(C)[nH]c6ccc(OC)cc56)cc4)cc3)c2c1. The van der Waals surface area contributed by atoms with E-state index >= 15 is 28.8 Å². The van der Waals surface area contributed by atoms with Gasteiger partial charge in [0.15, 0.2) is 34.0 Å². The number of nitrogens with one attached hydrogen (secondary N) is 9. The number of fused-ring (bicyclic) bond motifs is 6. The van der Waals surface area contributed by atoms with Crippen molar-refractivity contribution in [2.45, 2.75) is 81.8 Å². The van der Waals surface area contributed by atoms with Gasteiger partial charge >= 0.3 is 0 Å². The second-order valence-electron chi connectivity index (χ2n) is 28.4. The Balaban J connectivity index is 0.755. The number of aromatic amines is 6. The van der Waals surface area contributed by atoms with Gasteiger partial charge in [-0.2, -0.15) is 0 Å². The van der Waals surface area contributed by atoms with Crippen LogP contribution in [-0.4, -0.2) is 103 Å². The first-order valence-electron chi connectivity index (χ1n) is 35.9. The minimum atomic E-state index is -2.08. The second kappa shape index (κ2) is 29.0. The highest BCUT2D eigenvalue weighted by Gasteiger charge is 2.46. The van der Waals surface area contributed by atoms with Gasteiger partial charge in [0.25, 0.3) is 17.7 Å². The average molecular weight is 1450 g/mol. The number of carbonyl (C=O) groups excluding carboxylic acids is 6. The van der Waals surface area contributed by atoms with Crippen LogP contribution in [0.25, 0.3) is 65.4 Å². The molecule has 15 rings (SSSR count). The molecule has 0 aliphatic heterocycles. The topological polar surface area (TPSA) is 339 Å². The van der Waals surface area contributed by atoms with Gasteiger partial charge in [-0.15, -0.1) is 0 Å². The summed E-state index contributed by atoms with van der Waals surface area (Å²) in [5, 5.41) is 13.9. The minimum Gasteiger partial charge on any atom is -0.497 e. The molecule has 9 aromatic carbocycles. The van der Waals surface area contributed by atoms with Crippen LogP contribution in [0.5, 0.6) is 17.2 Å². The molecule has 3 amide bonds. The third-order valence-corrected chi connectivity index (χ3v) is 21.6. The first-order chi connectivity index (χ1) is 52.6. The number of hydrogen-bond donors (Lipinski definition) is 12. The third-order valence-electron chi connectivity index (χ3n) is 21.6. The van der Waals surface area contributed by atoms with E-state index in [1.807, 2.05) is 185 Å². The Bertz CT molecular complexity index is 5470. The summed E-state index contributed by atoms with van der Waals surface area (Å²) < 4.78 is 16.7. The summed E-state index contributed by atoms with van der Waals surface area (Å²) in [6.07, 6.45) is 4.48. The Kier molecular flexibility index (Phi) is 19.0. The zero-order valence-corrected chi connectivity index (χ0v) is 61.0. The smallest absolute Gasteiger partial charge is 0.252 e. The molecule has 0 aliphatic rings. The standard InChI is InChI=1S/C88H82N12O9/c1-49-67(70-37-61(107-4)31-34-76(70)95-49)40-79(101)86(89,43-55-46-92-73-16-10-7-13-64(55)73)83(104)98-58-25-19-52(20-26-58)82(53-21-27-59(28-22-53)99-84(105)87(90,44-56-47-93-74-17-11-8-14-65(56)74)80(102)41-68-50(2)96-77-35-32-62(108-5)38-71(68)77)54-23-29-60(30-24-54)100-85(106)88(91,45-57-48-94-75-18-12-9-15-66(57)75)81(103)42-69-51(3)97-78-36-33-63(109-6)39-72(69)78/h7-39,46-48,82,92-97H,40-45,89-91H2,1-6H3,(H,98,104)(H,99,105)(H,100,106)/t86-,87-,88-/m1/s1. The third kappa shape index (κ3) is 13.7. The molecule has 0 saturated heterocycles. The van der Waals surface area contributed by atoms with E-state index in [0.29, 0.717) is 67.7 Å². The monoisotopic (exact) mass is 1450 g/mol. The number of H-pyrrole nitrogens is 6. The van der Waals surface area contributed by atoms with Gasteiger partial charge in [0.05, 0.1) is 21.3 Å². The van der Waals surface area contributed by atoms with Crippen LogP contribution in [0.15, 0.2) is 219 Å². The molecule has 3 atom stereocenters. The zero-order chi connectivity index (χ0) is 76.0. The number of Topliss-reactive ketones (excluding diaryl/α,β-unsaturated/α-hetero) is 3. The summed E-state index contributed by atoms with van der Waals surface area (Å²) >= 11 is 0. The van der Waals surface area contributed by atoms with Gasteiger partial charge in [-0.25, -0.2) is 0 Å². The summed E-state index contributed by atoms with van der Waals surface area (Å²) in [7, 11) is 4.73. The number of benzene rings is 9. The normalized spacial score (nSPS) is 13.4. The molecule has 0 radical (unpaired) electrons. The quantitative estimate of drug-likeness (QED) is 0.0169. The van der Waals surface area contributed by atoms with Crippen molar-refractivity contribution in [3.63, 3.8) is 0 Å². The summed E-state index contributed by atoms with van der Waals surface area (Å²) in [6, 6.07) is 61.3. The van der Waals surface area contributed by atoms with Crippen molar-refractivity contribution in [1.29, 1.82) is 0 Å². The van der Waals surface area contributed by atoms with Crippen LogP contribution in [0.1, 0.15) is 73.1 Å². The number of aromatic nitrogens is 6. The first kappa shape index (κ1) is 71.5. The zero-order valence-electron chi connectivity index (χ0n) is 61.0. The number of methoxy groups -OCH3 is 3. The highest BCUT2D eigenvalue weighted by molar-refractivity contribution is 6.19. The van der Waals surface area contributed by atoms with Gasteiger partial charge in [-0.05, 0) is 180 Å². The minimum absolute atomic E-state index is 0.125. The number of nitrogens with two attached hydrogens (primary N) is 3. The molecule has 21 heteroatoms. The van der Waals surface area contributed by atoms with Crippen molar-refractivity contribution in [2.24, 2.45) is 17.2 Å². The Morgan fingerprint density at radius 1 is 0.349 bits per heavy atom. The molecule has 0 fully saturated rings. The first-order valence-corrected chi connectivity index (χ1v) is 35.9. The largest absolute Gasteiger partial charge is 0.497 e. The fourth-order valence-corrected chi connectivity index (χ4v) is 15.3. The molecule has 0 aliphatic carbocycles. The lowest BCUT2D eigenvalue weighted by Gasteiger charge is -2.28. The molecule has 0 unspecified atom stereocenters. The van der Waals surface area contributed by atoms with Crippen molar-refractivity contribution in [3.05, 3.63) is 286 Å². The maximum Gasteiger partial charge on any atom is 0.252 e. The van der Waals surface area contributed by atoms with Crippen LogP contribution in [0.2, 0.25) is 0 Å². The van der Waals surface area contributed by atoms with Crippen LogP contribution in [0, 0.1) is 20.8 Å². The number of rotatable bonds is 27. The fraction of sp³-hybridized carbons (Fsp3) is 0.182. The lowest BCUT2D eigenvalue weighted by Crippen LogP contribution is -2.59. The molecule has 15 N–H and O–H groups in total. The van der Waals surface area contributed by atoms with E-state index in [2.05, 4.69) is 45.9 Å². The van der Waals surface area contributed by atoms with Crippen molar-refractivity contribution in [1.82, 2.24) is 29.9 Å². The van der Waals surface area contributed by atoms with E-state index in [1.54, 1.807) is 76.3 Å². The van der Waals surface area contributed by atoms with Gasteiger partial charge < -0.3 is 77.3 Å². The second-order valence-corrected chi connectivity index (χ2v) is 28.4. The Morgan fingerprint density at radius 2 is 0.615 bits per heavy atom. The van der Waals surface area contributed by atoms with Crippen LogP contribution >= 0.6 is 0 Å². The maximum absolute atomic E-state index is 15.1. The Morgan fingerprint density at radius 3 is 0.881 bits per heavy atom. The van der Waals surface area contributed by atoms with Gasteiger partial charge in [-0.1, -0.05) is 91.0 Å². The van der Waals surface area contributed by atoms with Crippen LogP contribution in [0.3, 0.4) is 0 Å². The van der Waals surface area contributed by atoms with Gasteiger partial charge in [-0.3, -0.25) is 28.8 Å². The van der Waals surface area contributed by atoms with Crippen LogP contribution < -0.4 is 47.4 Å². The van der Waals surface area contributed by atoms with E-state index in [0.717, 1.165) is 99.2 Å². The molecule has 0 saturated carbocycles. The predicted octanol–water partition coefficient (Wildman–Crippen LogP) is 13.8. The van der Waals surface area contributed by atoms with E-state index in [1.165, 1.54) is 0 Å². The van der Waals surface area contributed by atoms with Gasteiger partial charge in [0.2, 0.25) is 0 Å². The number of carbonyl (C=O) groups is 6. The van der Waals surface area contributed by atoms with Gasteiger partial charge in [0.1, 0.15) is 17.2 Å². The molecule has 109 heavy (non-hydrogen) atoms. The molecule has 0 bridgehead atoms. The summed E-state index contributed by atoms with van der Waals surface area (Å²) in [5.74, 6) is -2.39. The number of ether oxygens (including phenoxy) is 3. The lowest BCUT2D eigenvalue weighted by molar-refractivity contribution is -0.134. The number of para-hydroxylation sites is 3. The maximum atomic E-state index is 15.1. The highest BCUT2D eigenvalue weighted by Crippen LogP contribution is 2.38. The number of hydrogen-bond acceptors (Lipinski definition) is 12. The molecule has 15 aromatic rings. The van der Waals surface area contributed by atoms with E-state index in [4.69, 9.17) is 31.4 Å². The summed E-state index contributed by atoms with van der Waals surface area (Å²) in [4.78, 5) is 111. The number of aryl methyl sites for hydroxylation is 3. The van der Waals surface area contributed by atoms with E-state index < -0.39 is 57.6 Å². The fourth-order valence-electron chi connectivity index (χ4n) is 15.3. The number of amides is 3. The van der Waals surface area contributed by atoms with Gasteiger partial charge in [0, 0.05) is 163 Å². The predicted molar refractivity (Wildman–Crippen MR) is 428 cm³/mol. The number of ketones is 3. The van der Waals surface area contributed by atoms with Crippen molar-refractivity contribution >= 4 is 118 Å². The van der Waals surface area contributed by atoms with Crippen molar-refractivity contribution in [2.75, 3.05) is 37.3 Å². The molecule has 0 spiro atoms. The Hall–Kier alpha value is -13.1. The van der Waals surface area contributed by atoms with E-state index in [9.17, 15) is 0 Å². The molecule has 21 nitrogen and oxygen atoms in total. The van der Waals surface area contributed by atoms with Crippen molar-refractivity contribution in [3.8, 4) is 17.2 Å².